The highest BCUT2D eigenvalue weighted by Gasteiger charge is 2.26. The van der Waals surface area contributed by atoms with Crippen molar-refractivity contribution in [3.63, 3.8) is 0 Å². The molecule has 0 saturated carbocycles. The minimum Gasteiger partial charge on any atom is -0.371 e. The van der Waals surface area contributed by atoms with Crippen LogP contribution < -0.4 is 15.5 Å². The molecule has 2 aromatic carbocycles. The quantitative estimate of drug-likeness (QED) is 0.598. The Kier molecular flexibility index (Phi) is 8.72. The maximum atomic E-state index is 12.9. The molecule has 0 aliphatic carbocycles. The third-order valence-electron chi connectivity index (χ3n) is 6.57. The summed E-state index contributed by atoms with van der Waals surface area (Å²) in [4.78, 5) is 28.0. The van der Waals surface area contributed by atoms with Gasteiger partial charge in [-0.2, -0.15) is 0 Å². The molecule has 1 fully saturated rings. The van der Waals surface area contributed by atoms with E-state index in [1.165, 1.54) is 0 Å². The number of carbonyl (C=O) groups excluding carboxylic acids is 2. The predicted octanol–water partition coefficient (Wildman–Crippen LogP) is 4.74. The van der Waals surface area contributed by atoms with E-state index in [0.717, 1.165) is 55.6 Å². The second-order valence-corrected chi connectivity index (χ2v) is 8.88. The molecule has 0 bridgehead atoms. The molecule has 0 spiro atoms. The molecule has 2 atom stereocenters. The van der Waals surface area contributed by atoms with E-state index in [9.17, 15) is 9.59 Å². The van der Waals surface area contributed by atoms with E-state index in [0.29, 0.717) is 12.5 Å². The van der Waals surface area contributed by atoms with Gasteiger partial charge in [-0.1, -0.05) is 69.7 Å². The molecule has 2 N–H and O–H groups in total. The first-order valence-electron chi connectivity index (χ1n) is 12.0. The first-order valence-corrected chi connectivity index (χ1v) is 12.0. The van der Waals surface area contributed by atoms with Crippen LogP contribution in [0.25, 0.3) is 0 Å². The van der Waals surface area contributed by atoms with E-state index >= 15 is 0 Å². The van der Waals surface area contributed by atoms with E-state index in [2.05, 4.69) is 36.3 Å². The Morgan fingerprint density at radius 3 is 2.28 bits per heavy atom. The van der Waals surface area contributed by atoms with Gasteiger partial charge in [0.1, 0.15) is 0 Å². The Morgan fingerprint density at radius 1 is 0.969 bits per heavy atom. The number of para-hydroxylation sites is 1. The molecule has 1 aliphatic rings. The van der Waals surface area contributed by atoms with Crippen LogP contribution in [-0.2, 0) is 4.79 Å². The van der Waals surface area contributed by atoms with Crippen molar-refractivity contribution >= 4 is 17.5 Å². The third kappa shape index (κ3) is 6.12. The Labute approximate surface area is 192 Å². The molecule has 5 nitrogen and oxygen atoms in total. The summed E-state index contributed by atoms with van der Waals surface area (Å²) in [6, 6.07) is 18.0. The van der Waals surface area contributed by atoms with Gasteiger partial charge in [0.25, 0.3) is 5.91 Å². The van der Waals surface area contributed by atoms with Crippen LogP contribution in [-0.4, -0.2) is 37.5 Å². The number of nitrogens with zero attached hydrogens (tertiary/aromatic N) is 1. The number of rotatable bonds is 9. The normalized spacial score (nSPS) is 16.3. The summed E-state index contributed by atoms with van der Waals surface area (Å²) in [7, 11) is 0. The third-order valence-corrected chi connectivity index (χ3v) is 6.57. The van der Waals surface area contributed by atoms with Crippen LogP contribution in [0.5, 0.6) is 0 Å². The highest BCUT2D eigenvalue weighted by atomic mass is 16.2. The number of anilines is 1. The predicted molar refractivity (Wildman–Crippen MR) is 131 cm³/mol. The first-order chi connectivity index (χ1) is 15.5. The molecule has 32 heavy (non-hydrogen) atoms. The largest absolute Gasteiger partial charge is 0.371 e. The summed E-state index contributed by atoms with van der Waals surface area (Å²) in [5.74, 6) is 0.462. The van der Waals surface area contributed by atoms with E-state index < -0.39 is 0 Å². The zero-order valence-corrected chi connectivity index (χ0v) is 19.6. The van der Waals surface area contributed by atoms with Gasteiger partial charge in [0.2, 0.25) is 5.91 Å². The van der Waals surface area contributed by atoms with Gasteiger partial charge in [-0.05, 0) is 42.9 Å². The molecule has 3 rings (SSSR count). The average molecular weight is 436 g/mol. The SMILES string of the molecule is CC[C@H](C)CNC(=O)c1ccccc1N1CCC(NC(=O)[C@@H](CC)c2ccccc2)CC1. The maximum Gasteiger partial charge on any atom is 0.253 e. The number of amides is 2. The van der Waals surface area contributed by atoms with Crippen molar-refractivity contribution in [3.05, 3.63) is 65.7 Å². The zero-order chi connectivity index (χ0) is 22.9. The molecule has 1 saturated heterocycles. The molecule has 0 unspecified atom stereocenters. The number of piperidine rings is 1. The number of benzene rings is 2. The summed E-state index contributed by atoms with van der Waals surface area (Å²) in [5, 5.41) is 6.35. The summed E-state index contributed by atoms with van der Waals surface area (Å²) in [6.45, 7) is 8.68. The van der Waals surface area contributed by atoms with E-state index in [1.807, 2.05) is 54.6 Å². The average Bonchev–Trinajstić information content (AvgIpc) is 2.84. The number of nitrogens with one attached hydrogen (secondary N) is 2. The smallest absolute Gasteiger partial charge is 0.253 e. The van der Waals surface area contributed by atoms with E-state index in [-0.39, 0.29) is 23.8 Å². The molecule has 0 radical (unpaired) electrons. The summed E-state index contributed by atoms with van der Waals surface area (Å²) in [6.07, 6.45) is 3.58. The second-order valence-electron chi connectivity index (χ2n) is 8.88. The lowest BCUT2D eigenvalue weighted by molar-refractivity contribution is -0.123. The summed E-state index contributed by atoms with van der Waals surface area (Å²) >= 11 is 0. The lowest BCUT2D eigenvalue weighted by Crippen LogP contribution is -2.46. The van der Waals surface area contributed by atoms with Crippen LogP contribution in [0.15, 0.2) is 54.6 Å². The van der Waals surface area contributed by atoms with Gasteiger partial charge in [-0.3, -0.25) is 9.59 Å². The highest BCUT2D eigenvalue weighted by Crippen LogP contribution is 2.25. The van der Waals surface area contributed by atoms with Gasteiger partial charge < -0.3 is 15.5 Å². The fourth-order valence-electron chi connectivity index (χ4n) is 4.27. The first kappa shape index (κ1) is 23.8. The standard InChI is InChI=1S/C27H37N3O2/c1-4-20(3)19-28-26(31)24-13-9-10-14-25(24)30-17-15-22(16-18-30)29-27(32)23(5-2)21-11-7-6-8-12-21/h6-14,20,22-23H,4-5,15-19H2,1-3H3,(H,28,31)(H,29,32)/t20-,23-/m0/s1. The summed E-state index contributed by atoms with van der Waals surface area (Å²) < 4.78 is 0. The summed E-state index contributed by atoms with van der Waals surface area (Å²) in [5.41, 5.74) is 2.78. The van der Waals surface area contributed by atoms with Gasteiger partial charge in [-0.25, -0.2) is 0 Å². The lowest BCUT2D eigenvalue weighted by atomic mass is 9.94. The Hall–Kier alpha value is -2.82. The van der Waals surface area contributed by atoms with Crippen molar-refractivity contribution < 1.29 is 9.59 Å². The molecule has 172 valence electrons. The van der Waals surface area contributed by atoms with Gasteiger partial charge in [0, 0.05) is 31.4 Å². The van der Waals surface area contributed by atoms with Crippen molar-refractivity contribution in [2.24, 2.45) is 5.92 Å². The highest BCUT2D eigenvalue weighted by molar-refractivity contribution is 5.99. The molecule has 2 aromatic rings. The Bertz CT molecular complexity index is 875. The topological polar surface area (TPSA) is 61.4 Å². The number of hydrogen-bond acceptors (Lipinski definition) is 3. The van der Waals surface area contributed by atoms with Crippen molar-refractivity contribution in [1.82, 2.24) is 10.6 Å². The van der Waals surface area contributed by atoms with Gasteiger partial charge in [0.05, 0.1) is 11.5 Å². The van der Waals surface area contributed by atoms with Crippen molar-refractivity contribution in [2.45, 2.75) is 58.4 Å². The lowest BCUT2D eigenvalue weighted by Gasteiger charge is -2.35. The Morgan fingerprint density at radius 2 is 1.62 bits per heavy atom. The van der Waals surface area contributed by atoms with Crippen LogP contribution in [0.1, 0.15) is 68.3 Å². The van der Waals surface area contributed by atoms with E-state index in [4.69, 9.17) is 0 Å². The van der Waals surface area contributed by atoms with Crippen molar-refractivity contribution in [1.29, 1.82) is 0 Å². The van der Waals surface area contributed by atoms with Gasteiger partial charge >= 0.3 is 0 Å². The van der Waals surface area contributed by atoms with Crippen molar-refractivity contribution in [2.75, 3.05) is 24.5 Å². The van der Waals surface area contributed by atoms with Crippen molar-refractivity contribution in [3.8, 4) is 0 Å². The van der Waals surface area contributed by atoms with Crippen LogP contribution in [0.2, 0.25) is 0 Å². The minimum atomic E-state index is -0.107. The van der Waals surface area contributed by atoms with Crippen LogP contribution >= 0.6 is 0 Å². The number of hydrogen-bond donors (Lipinski definition) is 2. The molecule has 2 amide bonds. The van der Waals surface area contributed by atoms with Crippen LogP contribution in [0.4, 0.5) is 5.69 Å². The molecule has 1 heterocycles. The molecule has 1 aliphatic heterocycles. The van der Waals surface area contributed by atoms with Crippen LogP contribution in [0, 0.1) is 5.92 Å². The van der Waals surface area contributed by atoms with Crippen LogP contribution in [0.3, 0.4) is 0 Å². The molecule has 0 aromatic heterocycles. The number of carbonyl (C=O) groups is 2. The van der Waals surface area contributed by atoms with Gasteiger partial charge in [0.15, 0.2) is 0 Å². The zero-order valence-electron chi connectivity index (χ0n) is 19.6. The maximum absolute atomic E-state index is 12.9. The molecular formula is C27H37N3O2. The van der Waals surface area contributed by atoms with E-state index in [1.54, 1.807) is 0 Å². The minimum absolute atomic E-state index is 0.00928. The van der Waals surface area contributed by atoms with Gasteiger partial charge in [-0.15, -0.1) is 0 Å². The fourth-order valence-corrected chi connectivity index (χ4v) is 4.27. The molecule has 5 heteroatoms. The molecular weight excluding hydrogens is 398 g/mol. The monoisotopic (exact) mass is 435 g/mol. The Balaban J connectivity index is 1.58. The fraction of sp³-hybridized carbons (Fsp3) is 0.481. The second kappa shape index (κ2) is 11.7.